The molecule has 3 aromatic carbocycles. The molecule has 0 radical (unpaired) electrons. The number of rotatable bonds is 2. The second-order valence-electron chi connectivity index (χ2n) is 4.60. The molecule has 0 saturated carbocycles. The van der Waals surface area contributed by atoms with Crippen molar-refractivity contribution in [1.82, 2.24) is 0 Å². The smallest absolute Gasteiger partial charge is 0.0998 e. The van der Waals surface area contributed by atoms with Crippen LogP contribution in [0.1, 0.15) is 5.56 Å². The predicted octanol–water partition coefficient (Wildman–Crippen LogP) is 4.89. The molecule has 94 valence electrons. The van der Waals surface area contributed by atoms with E-state index < -0.39 is 0 Å². The van der Waals surface area contributed by atoms with Crippen LogP contribution in [0.3, 0.4) is 0 Å². The Hall–Kier alpha value is -2.85. The topological polar surface area (TPSA) is 23.8 Å². The van der Waals surface area contributed by atoms with Crippen LogP contribution in [-0.2, 0) is 0 Å². The third-order valence-corrected chi connectivity index (χ3v) is 3.33. The third-order valence-electron chi connectivity index (χ3n) is 3.33. The highest BCUT2D eigenvalue weighted by Gasteiger charge is 2.06. The molecular weight excluding hydrogens is 242 g/mol. The van der Waals surface area contributed by atoms with Crippen molar-refractivity contribution in [2.45, 2.75) is 0 Å². The molecule has 0 heterocycles. The Bertz CT molecular complexity index is 753. The Kier molecular flexibility index (Phi) is 3.31. The first-order valence-electron chi connectivity index (χ1n) is 6.53. The van der Waals surface area contributed by atoms with Gasteiger partial charge in [0.05, 0.1) is 11.6 Å². The van der Waals surface area contributed by atoms with Gasteiger partial charge >= 0.3 is 0 Å². The van der Waals surface area contributed by atoms with E-state index in [0.29, 0.717) is 5.56 Å². The van der Waals surface area contributed by atoms with Crippen molar-refractivity contribution >= 4 is 0 Å². The van der Waals surface area contributed by atoms with E-state index in [0.717, 1.165) is 22.3 Å². The number of nitrogens with zero attached hydrogens (tertiary/aromatic N) is 1. The summed E-state index contributed by atoms with van der Waals surface area (Å²) in [5.41, 5.74) is 4.96. The second-order valence-corrected chi connectivity index (χ2v) is 4.60. The third kappa shape index (κ3) is 2.32. The van der Waals surface area contributed by atoms with Crippen LogP contribution >= 0.6 is 0 Å². The lowest BCUT2D eigenvalue weighted by molar-refractivity contribution is 1.47. The summed E-state index contributed by atoms with van der Waals surface area (Å²) in [7, 11) is 0. The van der Waals surface area contributed by atoms with Gasteiger partial charge in [-0.2, -0.15) is 5.26 Å². The Morgan fingerprint density at radius 3 is 1.80 bits per heavy atom. The Morgan fingerprint density at radius 1 is 0.600 bits per heavy atom. The molecule has 0 amide bonds. The number of hydrogen-bond acceptors (Lipinski definition) is 1. The van der Waals surface area contributed by atoms with E-state index in [-0.39, 0.29) is 0 Å². The van der Waals surface area contributed by atoms with Gasteiger partial charge < -0.3 is 0 Å². The van der Waals surface area contributed by atoms with Crippen LogP contribution in [0.4, 0.5) is 0 Å². The number of nitriles is 1. The van der Waals surface area contributed by atoms with Crippen LogP contribution in [0, 0.1) is 11.3 Å². The van der Waals surface area contributed by atoms with Crippen molar-refractivity contribution < 1.29 is 0 Å². The maximum Gasteiger partial charge on any atom is 0.0998 e. The van der Waals surface area contributed by atoms with Gasteiger partial charge in [-0.15, -0.1) is 0 Å². The quantitative estimate of drug-likeness (QED) is 0.639. The van der Waals surface area contributed by atoms with E-state index in [4.69, 9.17) is 0 Å². The predicted molar refractivity (Wildman–Crippen MR) is 82.0 cm³/mol. The fraction of sp³-hybridized carbons (Fsp3) is 0. The normalized spacial score (nSPS) is 9.95. The number of hydrogen-bond donors (Lipinski definition) is 0. The minimum absolute atomic E-state index is 0.706. The van der Waals surface area contributed by atoms with Gasteiger partial charge in [0.1, 0.15) is 0 Å². The summed E-state index contributed by atoms with van der Waals surface area (Å²) < 4.78 is 0. The first-order chi connectivity index (χ1) is 9.88. The van der Waals surface area contributed by atoms with Crippen LogP contribution in [0.5, 0.6) is 0 Å². The molecule has 0 aliphatic heterocycles. The lowest BCUT2D eigenvalue weighted by Gasteiger charge is -2.07. The average Bonchev–Trinajstić information content (AvgIpc) is 2.56. The highest BCUT2D eigenvalue weighted by molar-refractivity contribution is 5.76. The molecular formula is C19H13N. The monoisotopic (exact) mass is 255 g/mol. The zero-order valence-electron chi connectivity index (χ0n) is 11.0. The highest BCUT2D eigenvalue weighted by Crippen LogP contribution is 2.28. The molecule has 20 heavy (non-hydrogen) atoms. The fourth-order valence-corrected chi connectivity index (χ4v) is 2.32. The summed E-state index contributed by atoms with van der Waals surface area (Å²) in [4.78, 5) is 0. The maximum atomic E-state index is 9.40. The molecule has 0 aromatic heterocycles. The van der Waals surface area contributed by atoms with E-state index in [2.05, 4.69) is 24.3 Å². The first kappa shape index (κ1) is 12.2. The van der Waals surface area contributed by atoms with E-state index in [1.807, 2.05) is 60.7 Å². The summed E-state index contributed by atoms with van der Waals surface area (Å²) in [6, 6.07) is 28.5. The minimum atomic E-state index is 0.706. The van der Waals surface area contributed by atoms with Crippen molar-refractivity contribution in [3.63, 3.8) is 0 Å². The lowest BCUT2D eigenvalue weighted by Crippen LogP contribution is -1.86. The van der Waals surface area contributed by atoms with Crippen LogP contribution in [0.2, 0.25) is 0 Å². The van der Waals surface area contributed by atoms with Crippen LogP contribution in [0.25, 0.3) is 22.3 Å². The molecule has 0 fully saturated rings. The van der Waals surface area contributed by atoms with Crippen molar-refractivity contribution in [1.29, 1.82) is 5.26 Å². The SMILES string of the molecule is N#Cc1cc(-c2ccccc2)ccc1-c1ccccc1. The molecule has 0 unspecified atom stereocenters. The molecule has 1 heteroatoms. The summed E-state index contributed by atoms with van der Waals surface area (Å²) in [5.74, 6) is 0. The standard InChI is InChI=1S/C19H13N/c20-14-18-13-17(15-7-3-1-4-8-15)11-12-19(18)16-9-5-2-6-10-16/h1-13H. The molecule has 0 aliphatic carbocycles. The van der Waals surface area contributed by atoms with Gasteiger partial charge in [0.25, 0.3) is 0 Å². The zero-order chi connectivity index (χ0) is 13.8. The van der Waals surface area contributed by atoms with Crippen LogP contribution < -0.4 is 0 Å². The van der Waals surface area contributed by atoms with Crippen LogP contribution in [-0.4, -0.2) is 0 Å². The fourth-order valence-electron chi connectivity index (χ4n) is 2.32. The van der Waals surface area contributed by atoms with Gasteiger partial charge in [0, 0.05) is 0 Å². The zero-order valence-corrected chi connectivity index (χ0v) is 11.0. The van der Waals surface area contributed by atoms with Gasteiger partial charge in [-0.05, 0) is 28.3 Å². The van der Waals surface area contributed by atoms with E-state index in [1.165, 1.54) is 0 Å². The van der Waals surface area contributed by atoms with Crippen molar-refractivity contribution in [3.8, 4) is 28.3 Å². The van der Waals surface area contributed by atoms with Crippen molar-refractivity contribution in [2.24, 2.45) is 0 Å². The molecule has 1 nitrogen and oxygen atoms in total. The van der Waals surface area contributed by atoms with Gasteiger partial charge in [0.2, 0.25) is 0 Å². The molecule has 0 aliphatic rings. The molecule has 0 bridgehead atoms. The summed E-state index contributed by atoms with van der Waals surface area (Å²) in [6.07, 6.45) is 0. The van der Waals surface area contributed by atoms with Crippen molar-refractivity contribution in [3.05, 3.63) is 84.4 Å². The second kappa shape index (κ2) is 5.42. The molecule has 0 spiro atoms. The van der Waals surface area contributed by atoms with Gasteiger partial charge in [-0.1, -0.05) is 72.8 Å². The summed E-state index contributed by atoms with van der Waals surface area (Å²) in [5, 5.41) is 9.40. The molecule has 0 saturated heterocycles. The van der Waals surface area contributed by atoms with Gasteiger partial charge in [-0.3, -0.25) is 0 Å². The molecule has 0 N–H and O–H groups in total. The van der Waals surface area contributed by atoms with Gasteiger partial charge in [-0.25, -0.2) is 0 Å². The molecule has 3 rings (SSSR count). The largest absolute Gasteiger partial charge is 0.192 e. The van der Waals surface area contributed by atoms with E-state index in [1.54, 1.807) is 0 Å². The Morgan fingerprint density at radius 2 is 1.20 bits per heavy atom. The molecule has 3 aromatic rings. The number of benzene rings is 3. The van der Waals surface area contributed by atoms with Crippen molar-refractivity contribution in [2.75, 3.05) is 0 Å². The average molecular weight is 255 g/mol. The van der Waals surface area contributed by atoms with E-state index >= 15 is 0 Å². The molecule has 0 atom stereocenters. The van der Waals surface area contributed by atoms with Gasteiger partial charge in [0.15, 0.2) is 0 Å². The lowest BCUT2D eigenvalue weighted by atomic mass is 9.95. The highest BCUT2D eigenvalue weighted by atomic mass is 14.2. The summed E-state index contributed by atoms with van der Waals surface area (Å²) in [6.45, 7) is 0. The summed E-state index contributed by atoms with van der Waals surface area (Å²) >= 11 is 0. The Labute approximate surface area is 118 Å². The first-order valence-corrected chi connectivity index (χ1v) is 6.53. The Balaban J connectivity index is 2.11. The van der Waals surface area contributed by atoms with Crippen LogP contribution in [0.15, 0.2) is 78.9 Å². The van der Waals surface area contributed by atoms with E-state index in [9.17, 15) is 5.26 Å². The maximum absolute atomic E-state index is 9.40. The minimum Gasteiger partial charge on any atom is -0.192 e.